The van der Waals surface area contributed by atoms with Gasteiger partial charge >= 0.3 is 12.4 Å². The molecule has 10 heteroatoms. The monoisotopic (exact) mass is 468 g/mol. The van der Waals surface area contributed by atoms with Crippen LogP contribution in [0.2, 0.25) is 0 Å². The highest BCUT2D eigenvalue weighted by Crippen LogP contribution is 2.38. The molecule has 0 radical (unpaired) electrons. The average Bonchev–Trinajstić information content (AvgIpc) is 2.72. The molecule has 3 rings (SSSR count). The maximum atomic E-state index is 13.9. The number of aryl methyl sites for hydroxylation is 1. The zero-order chi connectivity index (χ0) is 24.6. The summed E-state index contributed by atoms with van der Waals surface area (Å²) in [6.07, 6.45) is -7.65. The van der Waals surface area contributed by atoms with Crippen molar-refractivity contribution < 1.29 is 35.5 Å². The lowest BCUT2D eigenvalue weighted by atomic mass is 9.99. The number of alkyl halides is 6. The molecule has 2 aromatic carbocycles. The van der Waals surface area contributed by atoms with Crippen molar-refractivity contribution in [2.24, 2.45) is 0 Å². The molecule has 1 aromatic heterocycles. The maximum Gasteiger partial charge on any atom is 0.416 e. The zero-order valence-electron chi connectivity index (χ0n) is 17.1. The second kappa shape index (κ2) is 8.76. The largest absolute Gasteiger partial charge is 0.416 e. The van der Waals surface area contributed by atoms with Crippen molar-refractivity contribution in [1.29, 1.82) is 0 Å². The third-order valence-corrected chi connectivity index (χ3v) is 4.68. The Morgan fingerprint density at radius 1 is 0.909 bits per heavy atom. The molecular formula is C23H15F7N2O. The van der Waals surface area contributed by atoms with E-state index in [9.17, 15) is 35.5 Å². The molecule has 0 spiro atoms. The topological polar surface area (TPSA) is 42.9 Å². The maximum absolute atomic E-state index is 13.9. The lowest BCUT2D eigenvalue weighted by Crippen LogP contribution is -2.11. The first-order valence-electron chi connectivity index (χ1n) is 9.38. The van der Waals surface area contributed by atoms with E-state index in [-0.39, 0.29) is 22.9 Å². The third kappa shape index (κ3) is 5.63. The smallest absolute Gasteiger partial charge is 0.294 e. The highest BCUT2D eigenvalue weighted by Gasteiger charge is 2.37. The first kappa shape index (κ1) is 24.1. The molecule has 1 heterocycles. The van der Waals surface area contributed by atoms with Gasteiger partial charge in [-0.25, -0.2) is 14.4 Å². The van der Waals surface area contributed by atoms with Crippen LogP contribution in [0, 0.1) is 12.7 Å². The highest BCUT2D eigenvalue weighted by molar-refractivity contribution is 6.24. The van der Waals surface area contributed by atoms with Crippen molar-refractivity contribution in [3.63, 3.8) is 0 Å². The molecule has 0 saturated carbocycles. The Morgan fingerprint density at radius 3 is 2.03 bits per heavy atom. The summed E-state index contributed by atoms with van der Waals surface area (Å²) >= 11 is 0. The summed E-state index contributed by atoms with van der Waals surface area (Å²) in [6, 6.07) is 6.47. The van der Waals surface area contributed by atoms with Gasteiger partial charge in [0.1, 0.15) is 5.82 Å². The number of halogens is 7. The van der Waals surface area contributed by atoms with Crippen molar-refractivity contribution >= 4 is 17.4 Å². The standard InChI is InChI=1S/C23H15F7N2O/c1-12-3-4-14(9-20(12)24)19(13(2)33)11-18-5-6-31-21(32-18)15-7-16(22(25,26)27)10-17(8-15)23(28,29)30/h3-11H,1-2H3/b19-11-. The number of carbonyl (C=O) groups is 1. The Morgan fingerprint density at radius 2 is 1.52 bits per heavy atom. The normalized spacial score (nSPS) is 12.7. The van der Waals surface area contributed by atoms with Crippen molar-refractivity contribution in [1.82, 2.24) is 9.97 Å². The molecule has 0 N–H and O–H groups in total. The van der Waals surface area contributed by atoms with Crippen molar-refractivity contribution in [2.45, 2.75) is 26.2 Å². The van der Waals surface area contributed by atoms with Gasteiger partial charge in [0.15, 0.2) is 11.6 Å². The number of hydrogen-bond acceptors (Lipinski definition) is 3. The number of carbonyl (C=O) groups excluding carboxylic acids is 1. The van der Waals surface area contributed by atoms with Gasteiger partial charge < -0.3 is 0 Å². The van der Waals surface area contributed by atoms with E-state index in [1.807, 2.05) is 0 Å². The molecule has 0 unspecified atom stereocenters. The summed E-state index contributed by atoms with van der Waals surface area (Å²) in [5, 5.41) is 0. The third-order valence-electron chi connectivity index (χ3n) is 4.68. The van der Waals surface area contributed by atoms with Crippen LogP contribution in [0.3, 0.4) is 0 Å². The lowest BCUT2D eigenvalue weighted by molar-refractivity contribution is -0.143. The van der Waals surface area contributed by atoms with Crippen LogP contribution in [0.4, 0.5) is 30.7 Å². The van der Waals surface area contributed by atoms with Gasteiger partial charge in [0.2, 0.25) is 0 Å². The molecule has 3 aromatic rings. The fourth-order valence-electron chi connectivity index (χ4n) is 2.97. The Balaban J connectivity index is 2.13. The Hall–Kier alpha value is -3.56. The molecule has 33 heavy (non-hydrogen) atoms. The summed E-state index contributed by atoms with van der Waals surface area (Å²) in [5.41, 5.74) is -2.82. The van der Waals surface area contributed by atoms with E-state index in [2.05, 4.69) is 9.97 Å². The Bertz CT molecular complexity index is 1210. The predicted octanol–water partition coefficient (Wildman–Crippen LogP) is 6.76. The number of nitrogens with zero attached hydrogens (tertiary/aromatic N) is 2. The predicted molar refractivity (Wildman–Crippen MR) is 107 cm³/mol. The number of allylic oxidation sites excluding steroid dienone is 1. The minimum absolute atomic E-state index is 0.00699. The van der Waals surface area contributed by atoms with E-state index in [1.165, 1.54) is 38.1 Å². The fourth-order valence-corrected chi connectivity index (χ4v) is 2.97. The second-order valence-corrected chi connectivity index (χ2v) is 7.18. The van der Waals surface area contributed by atoms with Crippen molar-refractivity contribution in [3.8, 4) is 11.4 Å². The minimum Gasteiger partial charge on any atom is -0.294 e. The van der Waals surface area contributed by atoms with Crippen LogP contribution < -0.4 is 0 Å². The van der Waals surface area contributed by atoms with E-state index >= 15 is 0 Å². The Kier molecular flexibility index (Phi) is 6.40. The molecule has 0 bridgehead atoms. The summed E-state index contributed by atoms with van der Waals surface area (Å²) in [5.74, 6) is -1.40. The minimum atomic E-state index is -5.02. The molecular weight excluding hydrogens is 453 g/mol. The number of benzene rings is 2. The number of Topliss-reactive ketones (excluding diaryl/α,β-unsaturated/α-hetero) is 1. The van der Waals surface area contributed by atoms with Gasteiger partial charge in [-0.15, -0.1) is 0 Å². The van der Waals surface area contributed by atoms with Gasteiger partial charge in [-0.2, -0.15) is 26.3 Å². The average molecular weight is 468 g/mol. The van der Waals surface area contributed by atoms with Gasteiger partial charge in [-0.1, -0.05) is 12.1 Å². The SMILES string of the molecule is CC(=O)/C(=C/c1ccnc(-c2cc(C(F)(F)F)cc(C(F)(F)F)c2)n1)c1ccc(C)c(F)c1. The van der Waals surface area contributed by atoms with Crippen LogP contribution in [-0.4, -0.2) is 15.8 Å². The van der Waals surface area contributed by atoms with Crippen LogP contribution >= 0.6 is 0 Å². The molecule has 3 nitrogen and oxygen atoms in total. The summed E-state index contributed by atoms with van der Waals surface area (Å²) < 4.78 is 92.9. The van der Waals surface area contributed by atoms with E-state index in [0.29, 0.717) is 17.7 Å². The number of rotatable bonds is 4. The van der Waals surface area contributed by atoms with Crippen LogP contribution in [-0.2, 0) is 17.1 Å². The fraction of sp³-hybridized carbons (Fsp3) is 0.174. The molecule has 0 saturated heterocycles. The van der Waals surface area contributed by atoms with Crippen molar-refractivity contribution in [2.75, 3.05) is 0 Å². The molecule has 172 valence electrons. The van der Waals surface area contributed by atoms with Gasteiger partial charge in [0, 0.05) is 17.3 Å². The number of ketones is 1. The van der Waals surface area contributed by atoms with Crippen LogP contribution in [0.5, 0.6) is 0 Å². The molecule has 0 aliphatic heterocycles. The first-order chi connectivity index (χ1) is 15.3. The first-order valence-corrected chi connectivity index (χ1v) is 9.38. The summed E-state index contributed by atoms with van der Waals surface area (Å²) in [6.45, 7) is 2.77. The second-order valence-electron chi connectivity index (χ2n) is 7.18. The number of hydrogen-bond donors (Lipinski definition) is 0. The Labute approximate surface area is 183 Å². The zero-order valence-corrected chi connectivity index (χ0v) is 17.1. The van der Waals surface area contributed by atoms with Crippen LogP contribution in [0.1, 0.15) is 34.9 Å². The van der Waals surface area contributed by atoms with Crippen LogP contribution in [0.15, 0.2) is 48.7 Å². The van der Waals surface area contributed by atoms with E-state index in [1.54, 1.807) is 0 Å². The summed E-state index contributed by atoms with van der Waals surface area (Å²) in [7, 11) is 0. The van der Waals surface area contributed by atoms with Gasteiger partial charge in [0.05, 0.1) is 16.8 Å². The van der Waals surface area contributed by atoms with Crippen molar-refractivity contribution in [3.05, 3.63) is 82.4 Å². The molecule has 0 aliphatic rings. The molecule has 0 atom stereocenters. The van der Waals surface area contributed by atoms with E-state index < -0.39 is 46.5 Å². The molecule has 0 amide bonds. The van der Waals surface area contributed by atoms with Crippen LogP contribution in [0.25, 0.3) is 23.0 Å². The lowest BCUT2D eigenvalue weighted by Gasteiger charge is -2.14. The van der Waals surface area contributed by atoms with Gasteiger partial charge in [-0.3, -0.25) is 4.79 Å². The molecule has 0 fully saturated rings. The molecule has 0 aliphatic carbocycles. The number of aromatic nitrogens is 2. The summed E-state index contributed by atoms with van der Waals surface area (Å²) in [4.78, 5) is 19.9. The van der Waals surface area contributed by atoms with Gasteiger partial charge in [-0.05, 0) is 61.4 Å². The van der Waals surface area contributed by atoms with E-state index in [0.717, 1.165) is 12.3 Å². The van der Waals surface area contributed by atoms with E-state index in [4.69, 9.17) is 0 Å². The quantitative estimate of drug-likeness (QED) is 0.314. The van der Waals surface area contributed by atoms with Gasteiger partial charge in [0.25, 0.3) is 0 Å². The highest BCUT2D eigenvalue weighted by atomic mass is 19.4.